The van der Waals surface area contributed by atoms with Crippen LogP contribution in [0.2, 0.25) is 0 Å². The summed E-state index contributed by atoms with van der Waals surface area (Å²) in [5.41, 5.74) is 0.500. The number of fused-ring (bicyclic) bond motifs is 5. The largest absolute Gasteiger partial charge is 0.469 e. The van der Waals surface area contributed by atoms with Crippen LogP contribution in [-0.2, 0) is 19.1 Å². The Hall–Kier alpha value is -2.17. The van der Waals surface area contributed by atoms with Crippen molar-refractivity contribution in [2.75, 3.05) is 7.11 Å². The molecule has 0 bridgehead atoms. The second-order valence-corrected chi connectivity index (χ2v) is 13.0. The number of benzene rings is 1. The van der Waals surface area contributed by atoms with Crippen molar-refractivity contribution in [1.82, 2.24) is 0 Å². The molecule has 0 radical (unpaired) electrons. The zero-order chi connectivity index (χ0) is 26.4. The summed E-state index contributed by atoms with van der Waals surface area (Å²) < 4.78 is 10.8. The third-order valence-electron chi connectivity index (χ3n) is 11.6. The van der Waals surface area contributed by atoms with E-state index in [1.54, 1.807) is 0 Å². The lowest BCUT2D eigenvalue weighted by Gasteiger charge is -2.60. The van der Waals surface area contributed by atoms with Crippen molar-refractivity contribution in [2.24, 2.45) is 46.3 Å². The van der Waals surface area contributed by atoms with Gasteiger partial charge in [0, 0.05) is 18.3 Å². The Balaban J connectivity index is 1.27. The molecule has 0 aromatic heterocycles. The summed E-state index contributed by atoms with van der Waals surface area (Å²) in [7, 11) is 1.45. The molecule has 4 saturated carbocycles. The van der Waals surface area contributed by atoms with Crippen LogP contribution in [0.5, 0.6) is 0 Å². The van der Waals surface area contributed by atoms with Crippen LogP contribution in [0.15, 0.2) is 30.3 Å². The van der Waals surface area contributed by atoms with Crippen LogP contribution in [0.4, 0.5) is 0 Å². The lowest BCUT2D eigenvalue weighted by Crippen LogP contribution is -2.57. The fourth-order valence-corrected chi connectivity index (χ4v) is 9.42. The van der Waals surface area contributed by atoms with Crippen molar-refractivity contribution in [1.29, 1.82) is 0 Å². The Morgan fingerprint density at radius 1 is 1.03 bits per heavy atom. The van der Waals surface area contributed by atoms with Crippen molar-refractivity contribution in [3.63, 3.8) is 0 Å². The number of carbonyl (C=O) groups is 3. The average Bonchev–Trinajstić information content (AvgIpc) is 3.27. The molecule has 37 heavy (non-hydrogen) atoms. The van der Waals surface area contributed by atoms with E-state index in [4.69, 9.17) is 9.47 Å². The van der Waals surface area contributed by atoms with Gasteiger partial charge in [-0.2, -0.15) is 0 Å². The molecular weight excluding hydrogens is 464 g/mol. The Bertz CT molecular complexity index is 1020. The first-order valence-electron chi connectivity index (χ1n) is 14.5. The predicted octanol–water partition coefficient (Wildman–Crippen LogP) is 6.64. The molecule has 5 nitrogen and oxygen atoms in total. The van der Waals surface area contributed by atoms with Gasteiger partial charge < -0.3 is 9.47 Å². The zero-order valence-electron chi connectivity index (χ0n) is 23.0. The summed E-state index contributed by atoms with van der Waals surface area (Å²) in [5.74, 6) is 2.79. The molecule has 4 fully saturated rings. The van der Waals surface area contributed by atoms with Crippen molar-refractivity contribution in [3.8, 4) is 0 Å². The average molecular weight is 509 g/mol. The molecule has 0 amide bonds. The number of ether oxygens (including phenoxy) is 2. The van der Waals surface area contributed by atoms with Crippen LogP contribution in [0, 0.1) is 46.3 Å². The van der Waals surface area contributed by atoms with Crippen molar-refractivity contribution >= 4 is 17.7 Å². The molecule has 5 rings (SSSR count). The quantitative estimate of drug-likeness (QED) is 0.403. The van der Waals surface area contributed by atoms with Crippen LogP contribution in [0.1, 0.15) is 95.3 Å². The number of ketones is 1. The van der Waals surface area contributed by atoms with Gasteiger partial charge in [0.25, 0.3) is 0 Å². The van der Waals surface area contributed by atoms with Crippen LogP contribution in [-0.4, -0.2) is 30.9 Å². The topological polar surface area (TPSA) is 69.7 Å². The minimum Gasteiger partial charge on any atom is -0.469 e. The number of hydrogen-bond donors (Lipinski definition) is 0. The third kappa shape index (κ3) is 4.55. The van der Waals surface area contributed by atoms with E-state index in [2.05, 4.69) is 20.8 Å². The SMILES string of the molecule is COC(=O)CC[C@@H](C)[C@H]1CC[C@H]2[C@@H]3CC[C@@H]4C[C@H](OC(=O)c5ccccc5)CC[C@]4(C)[C@H]3CC(=O)[C@]12C. The molecule has 0 spiro atoms. The molecule has 202 valence electrons. The van der Waals surface area contributed by atoms with Crippen LogP contribution in [0.25, 0.3) is 0 Å². The van der Waals surface area contributed by atoms with Gasteiger partial charge in [-0.3, -0.25) is 9.59 Å². The van der Waals surface area contributed by atoms with Gasteiger partial charge in [0.2, 0.25) is 0 Å². The minimum absolute atomic E-state index is 0.0292. The van der Waals surface area contributed by atoms with Gasteiger partial charge in [0.05, 0.1) is 12.7 Å². The lowest BCUT2D eigenvalue weighted by molar-refractivity contribution is -0.160. The molecule has 0 heterocycles. The fraction of sp³-hybridized carbons (Fsp3) is 0.719. The summed E-state index contributed by atoms with van der Waals surface area (Å²) in [4.78, 5) is 38.4. The molecule has 4 aliphatic rings. The smallest absolute Gasteiger partial charge is 0.338 e. The highest BCUT2D eigenvalue weighted by molar-refractivity contribution is 5.89. The second kappa shape index (κ2) is 10.2. The summed E-state index contributed by atoms with van der Waals surface area (Å²) in [6.45, 7) is 6.93. The van der Waals surface area contributed by atoms with E-state index in [0.29, 0.717) is 59.7 Å². The lowest BCUT2D eigenvalue weighted by atomic mass is 9.44. The number of carbonyl (C=O) groups excluding carboxylic acids is 3. The van der Waals surface area contributed by atoms with Crippen molar-refractivity contribution in [2.45, 2.75) is 91.1 Å². The molecule has 5 heteroatoms. The van der Waals surface area contributed by atoms with Gasteiger partial charge in [-0.25, -0.2) is 4.79 Å². The number of hydrogen-bond acceptors (Lipinski definition) is 5. The molecule has 4 aliphatic carbocycles. The van der Waals surface area contributed by atoms with Crippen molar-refractivity contribution < 1.29 is 23.9 Å². The van der Waals surface area contributed by atoms with Crippen LogP contribution in [0.3, 0.4) is 0 Å². The molecule has 1 aromatic carbocycles. The first-order chi connectivity index (χ1) is 17.7. The maximum Gasteiger partial charge on any atom is 0.338 e. The summed E-state index contributed by atoms with van der Waals surface area (Å²) in [5, 5.41) is 0. The highest BCUT2D eigenvalue weighted by atomic mass is 16.5. The van der Waals surface area contributed by atoms with Gasteiger partial charge >= 0.3 is 11.9 Å². The van der Waals surface area contributed by atoms with E-state index in [-0.39, 0.29) is 28.9 Å². The predicted molar refractivity (Wildman–Crippen MR) is 142 cm³/mol. The Kier molecular flexibility index (Phi) is 7.28. The van der Waals surface area contributed by atoms with Gasteiger partial charge in [-0.1, -0.05) is 39.0 Å². The molecule has 0 N–H and O–H groups in total. The molecule has 0 aliphatic heterocycles. The zero-order valence-corrected chi connectivity index (χ0v) is 23.0. The van der Waals surface area contributed by atoms with Gasteiger partial charge in [0.15, 0.2) is 0 Å². The third-order valence-corrected chi connectivity index (χ3v) is 11.6. The summed E-state index contributed by atoms with van der Waals surface area (Å²) in [6.07, 6.45) is 9.31. The van der Waals surface area contributed by atoms with E-state index >= 15 is 0 Å². The van der Waals surface area contributed by atoms with E-state index in [0.717, 1.165) is 38.5 Å². The Morgan fingerprint density at radius 3 is 2.51 bits per heavy atom. The highest BCUT2D eigenvalue weighted by Gasteiger charge is 2.64. The molecule has 0 unspecified atom stereocenters. The first-order valence-corrected chi connectivity index (χ1v) is 14.5. The van der Waals surface area contributed by atoms with E-state index in [1.165, 1.54) is 20.0 Å². The maximum absolute atomic E-state index is 14.0. The monoisotopic (exact) mass is 508 g/mol. The molecule has 9 atom stereocenters. The summed E-state index contributed by atoms with van der Waals surface area (Å²) in [6, 6.07) is 9.29. The number of methoxy groups -OCH3 is 1. The van der Waals surface area contributed by atoms with Crippen molar-refractivity contribution in [3.05, 3.63) is 35.9 Å². The fourth-order valence-electron chi connectivity index (χ4n) is 9.42. The van der Waals surface area contributed by atoms with Gasteiger partial charge in [-0.05, 0) is 104 Å². The first kappa shape index (κ1) is 26.4. The maximum atomic E-state index is 14.0. The standard InChI is InChI=1S/C32H44O5/c1-20(10-15-29(34)36-4)25-13-14-26-24-12-11-22-18-23(37-30(35)21-8-6-5-7-9-21)16-17-31(22,2)27(24)19-28(33)32(25,26)3/h5-9,20,22-27H,10-19H2,1-4H3/t20-,22-,23-,24+,25-,26+,27+,31+,32-/m1/s1. The molecular formula is C32H44O5. The summed E-state index contributed by atoms with van der Waals surface area (Å²) >= 11 is 0. The van der Waals surface area contributed by atoms with E-state index in [1.807, 2.05) is 30.3 Å². The molecule has 0 saturated heterocycles. The van der Waals surface area contributed by atoms with Gasteiger partial charge in [-0.15, -0.1) is 0 Å². The minimum atomic E-state index is -0.262. The number of Topliss-reactive ketones (excluding diaryl/α,β-unsaturated/α-hetero) is 1. The van der Waals surface area contributed by atoms with Crippen LogP contribution < -0.4 is 0 Å². The second-order valence-electron chi connectivity index (χ2n) is 13.0. The van der Waals surface area contributed by atoms with Crippen LogP contribution >= 0.6 is 0 Å². The number of rotatable bonds is 6. The highest BCUT2D eigenvalue weighted by Crippen LogP contribution is 2.67. The Labute approximate surface area is 222 Å². The molecule has 1 aromatic rings. The normalized spacial score (nSPS) is 39.6. The Morgan fingerprint density at radius 2 is 1.78 bits per heavy atom. The van der Waals surface area contributed by atoms with E-state index < -0.39 is 0 Å². The number of esters is 2. The van der Waals surface area contributed by atoms with Gasteiger partial charge in [0.1, 0.15) is 11.9 Å². The van der Waals surface area contributed by atoms with E-state index in [9.17, 15) is 14.4 Å².